The molecule has 2 N–H and O–H groups in total. The van der Waals surface area contributed by atoms with E-state index >= 15 is 0 Å². The van der Waals surface area contributed by atoms with Crippen LogP contribution >= 0.6 is 0 Å². The van der Waals surface area contributed by atoms with Gasteiger partial charge in [-0.15, -0.1) is 0 Å². The molecule has 0 aliphatic heterocycles. The molecule has 0 saturated carbocycles. The van der Waals surface area contributed by atoms with E-state index < -0.39 is 0 Å². The number of hydrogen-bond acceptors (Lipinski definition) is 2. The number of amides is 1. The lowest BCUT2D eigenvalue weighted by Crippen LogP contribution is -2.26. The van der Waals surface area contributed by atoms with E-state index in [-0.39, 0.29) is 5.91 Å². The molecular weight excluding hydrogens is 240 g/mol. The van der Waals surface area contributed by atoms with Crippen LogP contribution in [0.2, 0.25) is 0 Å². The molecule has 5 nitrogen and oxygen atoms in total. The molecule has 19 heavy (non-hydrogen) atoms. The average Bonchev–Trinajstić information content (AvgIpc) is 3.08. The number of nitrogens with zero attached hydrogens (tertiary/aromatic N) is 2. The minimum absolute atomic E-state index is 0.0661. The zero-order valence-corrected chi connectivity index (χ0v) is 10.3. The third kappa shape index (κ3) is 2.49. The lowest BCUT2D eigenvalue weighted by atomic mass is 10.2. The van der Waals surface area contributed by atoms with E-state index in [1.165, 1.54) is 0 Å². The highest BCUT2D eigenvalue weighted by Crippen LogP contribution is 2.11. The highest BCUT2D eigenvalue weighted by molar-refractivity contribution is 5.97. The number of carbonyl (C=O) groups is 1. The first-order chi connectivity index (χ1) is 9.33. The van der Waals surface area contributed by atoms with Gasteiger partial charge in [0.2, 0.25) is 0 Å². The lowest BCUT2D eigenvalue weighted by Gasteiger charge is -2.06. The SMILES string of the molecule is O=C(NCCn1cccc1)c1ccc2nc[nH]c2c1. The van der Waals surface area contributed by atoms with E-state index in [2.05, 4.69) is 15.3 Å². The van der Waals surface area contributed by atoms with Crippen molar-refractivity contribution in [3.05, 3.63) is 54.6 Å². The number of fused-ring (bicyclic) bond motifs is 1. The predicted octanol–water partition coefficient (Wildman–Crippen LogP) is 1.79. The molecule has 0 radical (unpaired) electrons. The summed E-state index contributed by atoms with van der Waals surface area (Å²) in [6, 6.07) is 9.37. The van der Waals surface area contributed by atoms with Gasteiger partial charge in [0.1, 0.15) is 0 Å². The fraction of sp³-hybridized carbons (Fsp3) is 0.143. The van der Waals surface area contributed by atoms with E-state index in [1.54, 1.807) is 12.4 Å². The van der Waals surface area contributed by atoms with Crippen LogP contribution in [0.3, 0.4) is 0 Å². The van der Waals surface area contributed by atoms with Gasteiger partial charge in [-0.2, -0.15) is 0 Å². The lowest BCUT2D eigenvalue weighted by molar-refractivity contribution is 0.0952. The Morgan fingerprint density at radius 1 is 1.32 bits per heavy atom. The van der Waals surface area contributed by atoms with Crippen LogP contribution in [0, 0.1) is 0 Å². The van der Waals surface area contributed by atoms with Gasteiger partial charge in [-0.05, 0) is 30.3 Å². The topological polar surface area (TPSA) is 62.7 Å². The highest BCUT2D eigenvalue weighted by atomic mass is 16.1. The van der Waals surface area contributed by atoms with Gasteiger partial charge in [0, 0.05) is 31.0 Å². The molecule has 1 amide bonds. The van der Waals surface area contributed by atoms with Crippen molar-refractivity contribution in [3.8, 4) is 0 Å². The summed E-state index contributed by atoms with van der Waals surface area (Å²) in [4.78, 5) is 19.1. The Kier molecular flexibility index (Phi) is 3.02. The van der Waals surface area contributed by atoms with Gasteiger partial charge in [-0.1, -0.05) is 0 Å². The molecule has 0 spiro atoms. The predicted molar refractivity (Wildman–Crippen MR) is 72.9 cm³/mol. The standard InChI is InChI=1S/C14H14N4O/c19-14(15-5-8-18-6-1-2-7-18)11-3-4-12-13(9-11)17-10-16-12/h1-4,6-7,9-10H,5,8H2,(H,15,19)(H,16,17). The molecule has 0 unspecified atom stereocenters. The van der Waals surface area contributed by atoms with Crippen molar-refractivity contribution in [3.63, 3.8) is 0 Å². The summed E-state index contributed by atoms with van der Waals surface area (Å²) >= 11 is 0. The number of aromatic nitrogens is 3. The van der Waals surface area contributed by atoms with E-state index in [9.17, 15) is 4.79 Å². The van der Waals surface area contributed by atoms with Crippen LogP contribution in [0.15, 0.2) is 49.1 Å². The van der Waals surface area contributed by atoms with Gasteiger partial charge < -0.3 is 14.9 Å². The van der Waals surface area contributed by atoms with E-state index in [0.29, 0.717) is 12.1 Å². The van der Waals surface area contributed by atoms with Crippen molar-refractivity contribution in [2.75, 3.05) is 6.54 Å². The maximum atomic E-state index is 12.0. The molecule has 0 saturated heterocycles. The molecule has 0 bridgehead atoms. The van der Waals surface area contributed by atoms with Crippen molar-refractivity contribution in [2.24, 2.45) is 0 Å². The molecule has 0 aliphatic rings. The molecule has 3 rings (SSSR count). The minimum atomic E-state index is -0.0661. The van der Waals surface area contributed by atoms with E-state index in [1.807, 2.05) is 41.2 Å². The molecule has 2 aromatic heterocycles. The molecule has 0 atom stereocenters. The van der Waals surface area contributed by atoms with Crippen molar-refractivity contribution in [1.82, 2.24) is 19.9 Å². The summed E-state index contributed by atoms with van der Waals surface area (Å²) in [7, 11) is 0. The van der Waals surface area contributed by atoms with Gasteiger partial charge in [0.15, 0.2) is 0 Å². The smallest absolute Gasteiger partial charge is 0.251 e. The summed E-state index contributed by atoms with van der Waals surface area (Å²) in [5.74, 6) is -0.0661. The Bertz CT molecular complexity index is 684. The second kappa shape index (κ2) is 4.97. The van der Waals surface area contributed by atoms with Crippen LogP contribution in [0.4, 0.5) is 0 Å². The number of nitrogens with one attached hydrogen (secondary N) is 2. The first-order valence-electron chi connectivity index (χ1n) is 6.15. The Labute approximate surface area is 110 Å². The number of H-pyrrole nitrogens is 1. The zero-order valence-electron chi connectivity index (χ0n) is 10.3. The third-order valence-corrected chi connectivity index (χ3v) is 3.00. The van der Waals surface area contributed by atoms with Crippen molar-refractivity contribution in [2.45, 2.75) is 6.54 Å². The fourth-order valence-electron chi connectivity index (χ4n) is 2.00. The maximum Gasteiger partial charge on any atom is 0.251 e. The number of hydrogen-bond donors (Lipinski definition) is 2. The van der Waals surface area contributed by atoms with Crippen LogP contribution in [0.25, 0.3) is 11.0 Å². The Morgan fingerprint density at radius 3 is 3.00 bits per heavy atom. The Balaban J connectivity index is 1.63. The second-order valence-corrected chi connectivity index (χ2v) is 4.31. The van der Waals surface area contributed by atoms with Gasteiger partial charge in [-0.3, -0.25) is 4.79 Å². The summed E-state index contributed by atoms with van der Waals surface area (Å²) in [5, 5.41) is 2.90. The largest absolute Gasteiger partial charge is 0.353 e. The molecule has 2 heterocycles. The van der Waals surface area contributed by atoms with Crippen molar-refractivity contribution >= 4 is 16.9 Å². The molecule has 5 heteroatoms. The summed E-state index contributed by atoms with van der Waals surface area (Å²) in [5.41, 5.74) is 2.38. The monoisotopic (exact) mass is 254 g/mol. The Morgan fingerprint density at radius 2 is 2.16 bits per heavy atom. The van der Waals surface area contributed by atoms with Crippen LogP contribution < -0.4 is 5.32 Å². The minimum Gasteiger partial charge on any atom is -0.353 e. The van der Waals surface area contributed by atoms with Crippen LogP contribution in [-0.2, 0) is 6.54 Å². The maximum absolute atomic E-state index is 12.0. The molecular formula is C14H14N4O. The fourth-order valence-corrected chi connectivity index (χ4v) is 2.00. The van der Waals surface area contributed by atoms with Crippen molar-refractivity contribution < 1.29 is 4.79 Å². The second-order valence-electron chi connectivity index (χ2n) is 4.31. The van der Waals surface area contributed by atoms with Crippen molar-refractivity contribution in [1.29, 1.82) is 0 Å². The van der Waals surface area contributed by atoms with Gasteiger partial charge in [0.25, 0.3) is 5.91 Å². The quantitative estimate of drug-likeness (QED) is 0.745. The number of rotatable bonds is 4. The molecule has 0 aliphatic carbocycles. The number of imidazole rings is 1. The number of aromatic amines is 1. The summed E-state index contributed by atoms with van der Waals surface area (Å²) in [6.07, 6.45) is 5.57. The van der Waals surface area contributed by atoms with Crippen LogP contribution in [0.1, 0.15) is 10.4 Å². The summed E-state index contributed by atoms with van der Waals surface area (Å²) in [6.45, 7) is 1.37. The third-order valence-electron chi connectivity index (χ3n) is 3.00. The number of benzene rings is 1. The van der Waals surface area contributed by atoms with Gasteiger partial charge >= 0.3 is 0 Å². The Hall–Kier alpha value is -2.56. The first kappa shape index (κ1) is 11.5. The zero-order chi connectivity index (χ0) is 13.1. The van der Waals surface area contributed by atoms with Gasteiger partial charge in [-0.25, -0.2) is 4.98 Å². The molecule has 3 aromatic rings. The molecule has 96 valence electrons. The first-order valence-corrected chi connectivity index (χ1v) is 6.15. The van der Waals surface area contributed by atoms with E-state index in [4.69, 9.17) is 0 Å². The molecule has 0 fully saturated rings. The average molecular weight is 254 g/mol. The van der Waals surface area contributed by atoms with Gasteiger partial charge in [0.05, 0.1) is 17.4 Å². The van der Waals surface area contributed by atoms with E-state index in [0.717, 1.165) is 17.6 Å². The highest BCUT2D eigenvalue weighted by Gasteiger charge is 2.06. The summed E-state index contributed by atoms with van der Waals surface area (Å²) < 4.78 is 2.03. The normalized spacial score (nSPS) is 10.7. The number of carbonyl (C=O) groups excluding carboxylic acids is 1. The van der Waals surface area contributed by atoms with Crippen LogP contribution in [0.5, 0.6) is 0 Å². The van der Waals surface area contributed by atoms with Crippen LogP contribution in [-0.4, -0.2) is 27.0 Å². The molecule has 1 aromatic carbocycles.